The van der Waals surface area contributed by atoms with E-state index in [1.165, 1.54) is 42.2 Å². The minimum atomic E-state index is 0.258. The van der Waals surface area contributed by atoms with E-state index in [1.54, 1.807) is 0 Å². The van der Waals surface area contributed by atoms with Gasteiger partial charge in [-0.2, -0.15) is 0 Å². The van der Waals surface area contributed by atoms with Crippen LogP contribution in [0, 0.1) is 5.92 Å². The first-order chi connectivity index (χ1) is 18.2. The molecule has 0 spiro atoms. The molecule has 2 aromatic carbocycles. The molecular formula is C32H41N3O2. The Morgan fingerprint density at radius 2 is 1.78 bits per heavy atom. The monoisotopic (exact) mass is 499 g/mol. The number of hydrogen-bond donors (Lipinski definition) is 0. The molecule has 2 heterocycles. The van der Waals surface area contributed by atoms with Gasteiger partial charge in [0.15, 0.2) is 0 Å². The van der Waals surface area contributed by atoms with Gasteiger partial charge in [-0.15, -0.1) is 0 Å². The number of likely N-dealkylation sites (tertiary alicyclic amines) is 1. The molecule has 0 radical (unpaired) electrons. The van der Waals surface area contributed by atoms with E-state index < -0.39 is 0 Å². The van der Waals surface area contributed by atoms with Gasteiger partial charge in [0, 0.05) is 49.6 Å². The Kier molecular flexibility index (Phi) is 8.72. The maximum atomic E-state index is 13.2. The molecule has 1 atom stereocenters. The largest absolute Gasteiger partial charge is 0.494 e. The highest BCUT2D eigenvalue weighted by Crippen LogP contribution is 2.29. The molecule has 1 aliphatic heterocycles. The van der Waals surface area contributed by atoms with Crippen LogP contribution in [0.3, 0.4) is 0 Å². The van der Waals surface area contributed by atoms with Gasteiger partial charge in [0.25, 0.3) is 0 Å². The van der Waals surface area contributed by atoms with Gasteiger partial charge in [-0.25, -0.2) is 0 Å². The van der Waals surface area contributed by atoms with E-state index in [1.807, 2.05) is 18.3 Å². The number of rotatable bonds is 9. The first kappa shape index (κ1) is 25.7. The molecule has 5 heteroatoms. The first-order valence-electron chi connectivity index (χ1n) is 14.2. The normalized spacial score (nSPS) is 18.9. The number of carbonyl (C=O) groups excluding carboxylic acids is 1. The number of amides is 1. The van der Waals surface area contributed by atoms with Gasteiger partial charge in [0.1, 0.15) is 5.75 Å². The SMILES string of the molecule is CN(Cc1cccc(OCC[C@H]2CCCCN2C(=O)C2CCCCC2)c1)Cc1cccc2cccnc12. The molecule has 0 unspecified atom stereocenters. The van der Waals surface area contributed by atoms with E-state index in [0.29, 0.717) is 18.6 Å². The topological polar surface area (TPSA) is 45.7 Å². The number of piperidine rings is 1. The van der Waals surface area contributed by atoms with Crippen LogP contribution in [-0.4, -0.2) is 46.9 Å². The molecule has 1 amide bonds. The maximum absolute atomic E-state index is 13.2. The lowest BCUT2D eigenvalue weighted by molar-refractivity contribution is -0.140. The molecule has 2 aliphatic rings. The lowest BCUT2D eigenvalue weighted by Crippen LogP contribution is -2.47. The Morgan fingerprint density at radius 1 is 0.973 bits per heavy atom. The maximum Gasteiger partial charge on any atom is 0.225 e. The van der Waals surface area contributed by atoms with Crippen molar-refractivity contribution in [2.45, 2.75) is 76.9 Å². The summed E-state index contributed by atoms with van der Waals surface area (Å²) < 4.78 is 6.21. The Morgan fingerprint density at radius 3 is 2.68 bits per heavy atom. The van der Waals surface area contributed by atoms with Crippen LogP contribution in [0.25, 0.3) is 10.9 Å². The number of fused-ring (bicyclic) bond motifs is 1. The minimum absolute atomic E-state index is 0.258. The smallest absolute Gasteiger partial charge is 0.225 e. The number of ether oxygens (including phenoxy) is 1. The van der Waals surface area contributed by atoms with Crippen LogP contribution in [0.2, 0.25) is 0 Å². The van der Waals surface area contributed by atoms with Crippen molar-refractivity contribution in [3.05, 3.63) is 71.9 Å². The molecule has 1 saturated heterocycles. The molecule has 0 bridgehead atoms. The molecule has 1 saturated carbocycles. The van der Waals surface area contributed by atoms with Gasteiger partial charge in [-0.05, 0) is 68.5 Å². The molecule has 5 nitrogen and oxygen atoms in total. The second-order valence-electron chi connectivity index (χ2n) is 11.0. The van der Waals surface area contributed by atoms with Crippen molar-refractivity contribution in [3.63, 3.8) is 0 Å². The van der Waals surface area contributed by atoms with Crippen LogP contribution in [0.1, 0.15) is 68.9 Å². The molecule has 0 N–H and O–H groups in total. The standard InChI is InChI=1S/C32H41N3O2/c1-34(24-28-14-8-13-26-15-9-19-33-31(26)28)23-25-10-7-17-30(22-25)37-21-18-29-16-5-6-20-35(29)32(36)27-11-3-2-4-12-27/h7-10,13-15,17,19,22,27,29H,2-6,11-12,16,18,20-21,23-24H2,1H3/t29-/m1/s1. The number of carbonyl (C=O) groups is 1. The number of nitrogens with zero attached hydrogens (tertiary/aromatic N) is 3. The fourth-order valence-corrected chi connectivity index (χ4v) is 6.17. The molecule has 1 aliphatic carbocycles. The molecule has 196 valence electrons. The molecule has 2 fully saturated rings. The predicted molar refractivity (Wildman–Crippen MR) is 149 cm³/mol. The van der Waals surface area contributed by atoms with Crippen LogP contribution in [-0.2, 0) is 17.9 Å². The van der Waals surface area contributed by atoms with Crippen molar-refractivity contribution in [2.24, 2.45) is 5.92 Å². The van der Waals surface area contributed by atoms with Crippen molar-refractivity contribution in [1.29, 1.82) is 0 Å². The van der Waals surface area contributed by atoms with Crippen molar-refractivity contribution in [2.75, 3.05) is 20.2 Å². The summed E-state index contributed by atoms with van der Waals surface area (Å²) >= 11 is 0. The van der Waals surface area contributed by atoms with Gasteiger partial charge in [0.05, 0.1) is 12.1 Å². The molecule has 1 aromatic heterocycles. The average molecular weight is 500 g/mol. The average Bonchev–Trinajstić information content (AvgIpc) is 2.94. The van der Waals surface area contributed by atoms with Crippen LogP contribution in [0.4, 0.5) is 0 Å². The number of para-hydroxylation sites is 1. The number of benzene rings is 2. The molecule has 3 aromatic rings. The zero-order valence-electron chi connectivity index (χ0n) is 22.3. The van der Waals surface area contributed by atoms with E-state index >= 15 is 0 Å². The summed E-state index contributed by atoms with van der Waals surface area (Å²) in [7, 11) is 2.15. The minimum Gasteiger partial charge on any atom is -0.494 e. The van der Waals surface area contributed by atoms with Crippen molar-refractivity contribution >= 4 is 16.8 Å². The second-order valence-corrected chi connectivity index (χ2v) is 11.0. The quantitative estimate of drug-likeness (QED) is 0.333. The number of hydrogen-bond acceptors (Lipinski definition) is 4. The van der Waals surface area contributed by atoms with Crippen LogP contribution >= 0.6 is 0 Å². The zero-order chi connectivity index (χ0) is 25.5. The summed E-state index contributed by atoms with van der Waals surface area (Å²) in [6.45, 7) is 3.26. The molecule has 37 heavy (non-hydrogen) atoms. The van der Waals surface area contributed by atoms with Gasteiger partial charge in [0.2, 0.25) is 5.91 Å². The Labute approximate surface area is 221 Å². The molecule has 5 rings (SSSR count). The second kappa shape index (κ2) is 12.6. The summed E-state index contributed by atoms with van der Waals surface area (Å²) in [6, 6.07) is 19.3. The van der Waals surface area contributed by atoms with Crippen LogP contribution in [0.5, 0.6) is 5.75 Å². The fourth-order valence-electron chi connectivity index (χ4n) is 6.17. The lowest BCUT2D eigenvalue weighted by atomic mass is 9.87. The third-order valence-electron chi connectivity index (χ3n) is 8.09. The number of aromatic nitrogens is 1. The Hall–Kier alpha value is -2.92. The lowest BCUT2D eigenvalue weighted by Gasteiger charge is -2.38. The first-order valence-corrected chi connectivity index (χ1v) is 14.2. The fraction of sp³-hybridized carbons (Fsp3) is 0.500. The zero-order valence-corrected chi connectivity index (χ0v) is 22.3. The predicted octanol–water partition coefficient (Wildman–Crippen LogP) is 6.60. The highest BCUT2D eigenvalue weighted by Gasteiger charge is 2.32. The van der Waals surface area contributed by atoms with Crippen molar-refractivity contribution in [3.8, 4) is 5.75 Å². The molecular weight excluding hydrogens is 458 g/mol. The Balaban J connectivity index is 1.14. The van der Waals surface area contributed by atoms with E-state index in [0.717, 1.165) is 63.0 Å². The summed E-state index contributed by atoms with van der Waals surface area (Å²) in [5, 5.41) is 1.18. The third-order valence-corrected chi connectivity index (χ3v) is 8.09. The van der Waals surface area contributed by atoms with Gasteiger partial charge < -0.3 is 9.64 Å². The summed E-state index contributed by atoms with van der Waals surface area (Å²) in [4.78, 5) is 22.3. The van der Waals surface area contributed by atoms with Crippen LogP contribution < -0.4 is 4.74 Å². The highest BCUT2D eigenvalue weighted by molar-refractivity contribution is 5.81. The van der Waals surface area contributed by atoms with E-state index in [2.05, 4.69) is 64.3 Å². The van der Waals surface area contributed by atoms with Crippen molar-refractivity contribution in [1.82, 2.24) is 14.8 Å². The van der Waals surface area contributed by atoms with Gasteiger partial charge in [-0.1, -0.05) is 55.7 Å². The van der Waals surface area contributed by atoms with E-state index in [9.17, 15) is 4.79 Å². The highest BCUT2D eigenvalue weighted by atomic mass is 16.5. The third kappa shape index (κ3) is 6.70. The van der Waals surface area contributed by atoms with E-state index in [4.69, 9.17) is 4.74 Å². The van der Waals surface area contributed by atoms with E-state index in [-0.39, 0.29) is 5.92 Å². The Bertz CT molecular complexity index is 1170. The summed E-state index contributed by atoms with van der Waals surface area (Å²) in [5.74, 6) is 1.59. The van der Waals surface area contributed by atoms with Crippen LogP contribution in [0.15, 0.2) is 60.8 Å². The van der Waals surface area contributed by atoms with Crippen molar-refractivity contribution < 1.29 is 9.53 Å². The van der Waals surface area contributed by atoms with Gasteiger partial charge in [-0.3, -0.25) is 14.7 Å². The van der Waals surface area contributed by atoms with Gasteiger partial charge >= 0.3 is 0 Å². The summed E-state index contributed by atoms with van der Waals surface area (Å²) in [6.07, 6.45) is 12.1. The summed E-state index contributed by atoms with van der Waals surface area (Å²) in [5.41, 5.74) is 3.56. The number of pyridine rings is 1.